The van der Waals surface area contributed by atoms with E-state index in [0.717, 1.165) is 18.7 Å². The van der Waals surface area contributed by atoms with Gasteiger partial charge in [-0.05, 0) is 31.2 Å². The Labute approximate surface area is 104 Å². The van der Waals surface area contributed by atoms with E-state index in [2.05, 4.69) is 51.2 Å². The van der Waals surface area contributed by atoms with Crippen molar-refractivity contribution < 1.29 is 4.74 Å². The summed E-state index contributed by atoms with van der Waals surface area (Å²) in [4.78, 5) is 0. The summed E-state index contributed by atoms with van der Waals surface area (Å²) < 4.78 is 6.08. The monoisotopic (exact) mass is 233 g/mol. The molecule has 0 bridgehead atoms. The second kappa shape index (κ2) is 4.69. The van der Waals surface area contributed by atoms with Crippen molar-refractivity contribution >= 4 is 0 Å². The highest BCUT2D eigenvalue weighted by Crippen LogP contribution is 2.43. The third-order valence-corrected chi connectivity index (χ3v) is 3.90. The summed E-state index contributed by atoms with van der Waals surface area (Å²) in [6.07, 6.45) is 1.43. The lowest BCUT2D eigenvalue weighted by molar-refractivity contribution is -0.0541. The Balaban J connectivity index is 1.98. The molecule has 17 heavy (non-hydrogen) atoms. The van der Waals surface area contributed by atoms with Gasteiger partial charge in [-0.1, -0.05) is 32.9 Å². The Kier molecular flexibility index (Phi) is 3.43. The van der Waals surface area contributed by atoms with Gasteiger partial charge in [-0.3, -0.25) is 0 Å². The summed E-state index contributed by atoms with van der Waals surface area (Å²) in [6.45, 7) is 9.85. The Morgan fingerprint density at radius 2 is 2.18 bits per heavy atom. The molecule has 0 saturated heterocycles. The van der Waals surface area contributed by atoms with E-state index in [1.807, 2.05) is 6.07 Å². The number of hydrogen-bond donors (Lipinski definition) is 1. The summed E-state index contributed by atoms with van der Waals surface area (Å²) in [6, 6.07) is 8.89. The minimum absolute atomic E-state index is 0.222. The Hall–Kier alpha value is -1.02. The van der Waals surface area contributed by atoms with Crippen molar-refractivity contribution in [2.75, 3.05) is 6.54 Å². The van der Waals surface area contributed by atoms with Crippen molar-refractivity contribution in [2.45, 2.75) is 46.3 Å². The fraction of sp³-hybridized carbons (Fsp3) is 0.600. The van der Waals surface area contributed by atoms with Crippen LogP contribution in [0.2, 0.25) is 0 Å². The summed E-state index contributed by atoms with van der Waals surface area (Å²) in [5.41, 5.74) is 1.47. The van der Waals surface area contributed by atoms with Gasteiger partial charge in [0.05, 0.1) is 0 Å². The van der Waals surface area contributed by atoms with E-state index >= 15 is 0 Å². The molecule has 2 nitrogen and oxygen atoms in total. The molecule has 0 spiro atoms. The quantitative estimate of drug-likeness (QED) is 0.862. The molecule has 0 amide bonds. The second-order valence-electron chi connectivity index (χ2n) is 5.59. The fourth-order valence-corrected chi connectivity index (χ4v) is 2.53. The maximum absolute atomic E-state index is 6.08. The van der Waals surface area contributed by atoms with E-state index in [-0.39, 0.29) is 5.41 Å². The van der Waals surface area contributed by atoms with Gasteiger partial charge in [-0.25, -0.2) is 0 Å². The zero-order valence-corrected chi connectivity index (χ0v) is 11.3. The predicted octanol–water partition coefficient (Wildman–Crippen LogP) is 3.15. The zero-order chi connectivity index (χ0) is 12.5. The van der Waals surface area contributed by atoms with Gasteiger partial charge in [0.15, 0.2) is 0 Å². The molecule has 2 rings (SSSR count). The lowest BCUT2D eigenvalue weighted by Gasteiger charge is -2.51. The van der Waals surface area contributed by atoms with Gasteiger partial charge in [0.1, 0.15) is 11.9 Å². The number of nitrogens with one attached hydrogen (secondary N) is 1. The van der Waals surface area contributed by atoms with Crippen LogP contribution in [0.15, 0.2) is 24.3 Å². The van der Waals surface area contributed by atoms with Crippen LogP contribution >= 0.6 is 0 Å². The smallest absolute Gasteiger partial charge is 0.120 e. The zero-order valence-electron chi connectivity index (χ0n) is 11.3. The van der Waals surface area contributed by atoms with E-state index in [0.29, 0.717) is 12.1 Å². The minimum atomic E-state index is 0.222. The Bertz CT molecular complexity index is 386. The molecule has 2 unspecified atom stereocenters. The van der Waals surface area contributed by atoms with Gasteiger partial charge < -0.3 is 10.1 Å². The summed E-state index contributed by atoms with van der Waals surface area (Å²) in [5.74, 6) is 0.998. The number of hydrogen-bond acceptors (Lipinski definition) is 2. The average Bonchev–Trinajstić information content (AvgIpc) is 2.28. The third-order valence-electron chi connectivity index (χ3n) is 3.90. The maximum Gasteiger partial charge on any atom is 0.120 e. The van der Waals surface area contributed by atoms with E-state index in [1.165, 1.54) is 5.56 Å². The van der Waals surface area contributed by atoms with E-state index in [9.17, 15) is 0 Å². The first-order valence-corrected chi connectivity index (χ1v) is 6.50. The standard InChI is InChI=1S/C15H23NO/c1-5-16-13-10-14(15(13,3)4)17-12-8-6-7-11(2)9-12/h6-9,13-14,16H,5,10H2,1-4H3. The maximum atomic E-state index is 6.08. The van der Waals surface area contributed by atoms with E-state index < -0.39 is 0 Å². The van der Waals surface area contributed by atoms with Crippen molar-refractivity contribution in [2.24, 2.45) is 5.41 Å². The number of ether oxygens (including phenoxy) is 1. The Morgan fingerprint density at radius 3 is 2.76 bits per heavy atom. The third kappa shape index (κ3) is 2.47. The van der Waals surface area contributed by atoms with Gasteiger partial charge in [0.25, 0.3) is 0 Å². The summed E-state index contributed by atoms with van der Waals surface area (Å²) in [7, 11) is 0. The lowest BCUT2D eigenvalue weighted by Crippen LogP contribution is -2.62. The van der Waals surface area contributed by atoms with Crippen LogP contribution in [0.3, 0.4) is 0 Å². The molecule has 0 heterocycles. The van der Waals surface area contributed by atoms with Crippen LogP contribution < -0.4 is 10.1 Å². The van der Waals surface area contributed by atoms with Crippen molar-refractivity contribution in [1.82, 2.24) is 5.32 Å². The molecule has 1 aromatic rings. The molecule has 1 saturated carbocycles. The molecule has 0 aliphatic heterocycles. The molecule has 0 radical (unpaired) electrons. The molecule has 1 aliphatic rings. The molecule has 1 aromatic carbocycles. The highest BCUT2D eigenvalue weighted by Gasteiger charge is 2.49. The number of rotatable bonds is 4. The number of aryl methyl sites for hydroxylation is 1. The van der Waals surface area contributed by atoms with Crippen molar-refractivity contribution in [3.63, 3.8) is 0 Å². The first kappa shape index (κ1) is 12.4. The predicted molar refractivity (Wildman–Crippen MR) is 71.5 cm³/mol. The van der Waals surface area contributed by atoms with Crippen LogP contribution in [-0.2, 0) is 0 Å². The second-order valence-corrected chi connectivity index (χ2v) is 5.59. The molecular formula is C15H23NO. The van der Waals surface area contributed by atoms with Gasteiger partial charge in [0.2, 0.25) is 0 Å². The molecule has 1 aliphatic carbocycles. The van der Waals surface area contributed by atoms with Crippen LogP contribution in [0, 0.1) is 12.3 Å². The van der Waals surface area contributed by atoms with Crippen LogP contribution in [0.4, 0.5) is 0 Å². The van der Waals surface area contributed by atoms with Crippen molar-refractivity contribution in [3.8, 4) is 5.75 Å². The highest BCUT2D eigenvalue weighted by molar-refractivity contribution is 5.28. The average molecular weight is 233 g/mol. The van der Waals surface area contributed by atoms with Gasteiger partial charge in [-0.2, -0.15) is 0 Å². The molecule has 0 aromatic heterocycles. The molecular weight excluding hydrogens is 210 g/mol. The normalized spacial score (nSPS) is 26.4. The molecule has 1 fully saturated rings. The van der Waals surface area contributed by atoms with Crippen LogP contribution in [0.5, 0.6) is 5.75 Å². The summed E-state index contributed by atoms with van der Waals surface area (Å²) >= 11 is 0. The highest BCUT2D eigenvalue weighted by atomic mass is 16.5. The first-order valence-electron chi connectivity index (χ1n) is 6.50. The van der Waals surface area contributed by atoms with Gasteiger partial charge >= 0.3 is 0 Å². The lowest BCUT2D eigenvalue weighted by atomic mass is 9.64. The van der Waals surface area contributed by atoms with E-state index in [4.69, 9.17) is 4.74 Å². The van der Waals surface area contributed by atoms with Crippen molar-refractivity contribution in [1.29, 1.82) is 0 Å². The minimum Gasteiger partial charge on any atom is -0.490 e. The van der Waals surface area contributed by atoms with Crippen LogP contribution in [-0.4, -0.2) is 18.7 Å². The van der Waals surface area contributed by atoms with E-state index in [1.54, 1.807) is 0 Å². The van der Waals surface area contributed by atoms with Gasteiger partial charge in [0, 0.05) is 17.9 Å². The topological polar surface area (TPSA) is 21.3 Å². The Morgan fingerprint density at radius 1 is 1.41 bits per heavy atom. The molecule has 2 heteroatoms. The van der Waals surface area contributed by atoms with Crippen molar-refractivity contribution in [3.05, 3.63) is 29.8 Å². The van der Waals surface area contributed by atoms with Crippen LogP contribution in [0.1, 0.15) is 32.8 Å². The first-order chi connectivity index (χ1) is 8.04. The fourth-order valence-electron chi connectivity index (χ4n) is 2.53. The van der Waals surface area contributed by atoms with Crippen LogP contribution in [0.25, 0.3) is 0 Å². The van der Waals surface area contributed by atoms with Gasteiger partial charge in [-0.15, -0.1) is 0 Å². The largest absolute Gasteiger partial charge is 0.490 e. The summed E-state index contributed by atoms with van der Waals surface area (Å²) in [5, 5.41) is 3.52. The SMILES string of the molecule is CCNC1CC(Oc2cccc(C)c2)C1(C)C. The number of benzene rings is 1. The molecule has 94 valence electrons. The molecule has 1 N–H and O–H groups in total. The molecule has 2 atom stereocenters.